The van der Waals surface area contributed by atoms with E-state index in [4.69, 9.17) is 34.8 Å². The van der Waals surface area contributed by atoms with Gasteiger partial charge >= 0.3 is 0 Å². The molecule has 10 heteroatoms. The van der Waals surface area contributed by atoms with Crippen molar-refractivity contribution in [3.63, 3.8) is 0 Å². The number of nitrogens with zero attached hydrogens (tertiary/aromatic N) is 1. The summed E-state index contributed by atoms with van der Waals surface area (Å²) in [5.74, 6) is 0. The molecule has 2 aromatic rings. The van der Waals surface area contributed by atoms with Crippen LogP contribution in [-0.4, -0.2) is 19.4 Å². The van der Waals surface area contributed by atoms with Crippen LogP contribution in [0.4, 0.5) is 0 Å². The van der Waals surface area contributed by atoms with Gasteiger partial charge < -0.3 is 0 Å². The van der Waals surface area contributed by atoms with E-state index in [9.17, 15) is 18.5 Å². The summed E-state index contributed by atoms with van der Waals surface area (Å²) in [5, 5.41) is 11.5. The van der Waals surface area contributed by atoms with Crippen LogP contribution in [0.15, 0.2) is 53.4 Å². The zero-order valence-electron chi connectivity index (χ0n) is 15.1. The van der Waals surface area contributed by atoms with Crippen molar-refractivity contribution in [1.82, 2.24) is 4.72 Å². The molecule has 0 aliphatic rings. The van der Waals surface area contributed by atoms with Gasteiger partial charge in [-0.2, -0.15) is 4.72 Å². The Bertz CT molecular complexity index is 927. The van der Waals surface area contributed by atoms with Gasteiger partial charge in [-0.3, -0.25) is 10.1 Å². The summed E-state index contributed by atoms with van der Waals surface area (Å²) in [6.45, 7) is 3.45. The Hall–Kier alpha value is -1.38. The first-order chi connectivity index (χ1) is 13.0. The molecule has 2 unspecified atom stereocenters. The van der Waals surface area contributed by atoms with Crippen molar-refractivity contribution in [2.75, 3.05) is 0 Å². The van der Waals surface area contributed by atoms with Crippen molar-refractivity contribution in [2.45, 2.75) is 41.0 Å². The molecular weight excluding hydrogens is 447 g/mol. The lowest BCUT2D eigenvalue weighted by Gasteiger charge is -2.22. The molecule has 0 heterocycles. The molecule has 2 rings (SSSR count). The molecule has 152 valence electrons. The number of alkyl halides is 3. The first-order valence-electron chi connectivity index (χ1n) is 8.35. The monoisotopic (exact) mass is 464 g/mol. The maximum Gasteiger partial charge on any atom is 0.241 e. The van der Waals surface area contributed by atoms with Gasteiger partial charge in [-0.05, 0) is 24.6 Å². The molecule has 0 fully saturated rings. The topological polar surface area (TPSA) is 89.3 Å². The van der Waals surface area contributed by atoms with Crippen LogP contribution >= 0.6 is 34.8 Å². The van der Waals surface area contributed by atoms with Crippen LogP contribution in [0.3, 0.4) is 0 Å². The number of nitro groups is 1. The van der Waals surface area contributed by atoms with E-state index in [-0.39, 0.29) is 11.3 Å². The summed E-state index contributed by atoms with van der Waals surface area (Å²) < 4.78 is 26.4. The largest absolute Gasteiger partial charge is 0.264 e. The molecule has 0 aliphatic heterocycles. The number of halogens is 3. The highest BCUT2D eigenvalue weighted by Gasteiger charge is 2.35. The number of hydrogen-bond donors (Lipinski definition) is 1. The van der Waals surface area contributed by atoms with Gasteiger partial charge in [0, 0.05) is 16.9 Å². The molecule has 2 atom stereocenters. The van der Waals surface area contributed by atoms with E-state index in [0.29, 0.717) is 11.1 Å². The summed E-state index contributed by atoms with van der Waals surface area (Å²) in [7, 11) is -3.98. The van der Waals surface area contributed by atoms with Gasteiger partial charge in [0.05, 0.1) is 4.90 Å². The van der Waals surface area contributed by atoms with Crippen LogP contribution in [0.5, 0.6) is 0 Å². The first-order valence-corrected chi connectivity index (χ1v) is 11.0. The molecule has 0 bridgehead atoms. The molecule has 0 saturated carbocycles. The highest BCUT2D eigenvalue weighted by molar-refractivity contribution is 7.89. The summed E-state index contributed by atoms with van der Waals surface area (Å²) >= 11 is 17.5. The number of aryl methyl sites for hydroxylation is 1. The number of benzene rings is 2. The predicted molar refractivity (Wildman–Crippen MR) is 111 cm³/mol. The minimum absolute atomic E-state index is 0.0270. The molecule has 0 aromatic heterocycles. The minimum Gasteiger partial charge on any atom is -0.264 e. The summed E-state index contributed by atoms with van der Waals surface area (Å²) in [6, 6.07) is 10.0. The SMILES string of the molecule is CCC(C(NS(=O)(=O)c1ccc(C)cc1)c1ccc(C(Cl)(Cl)Cl)cc1)[N+](=O)[O-]. The number of sulfonamides is 1. The average molecular weight is 466 g/mol. The van der Waals surface area contributed by atoms with E-state index >= 15 is 0 Å². The van der Waals surface area contributed by atoms with Crippen molar-refractivity contribution in [3.8, 4) is 0 Å². The Balaban J connectivity index is 2.45. The second-order valence-electron chi connectivity index (χ2n) is 6.29. The van der Waals surface area contributed by atoms with E-state index in [1.807, 2.05) is 6.92 Å². The minimum atomic E-state index is -3.98. The quantitative estimate of drug-likeness (QED) is 0.358. The molecule has 28 heavy (non-hydrogen) atoms. The maximum absolute atomic E-state index is 12.8. The molecule has 0 amide bonds. The van der Waals surface area contributed by atoms with Crippen molar-refractivity contribution >= 4 is 44.8 Å². The third kappa shape index (κ3) is 5.58. The summed E-state index contributed by atoms with van der Waals surface area (Å²) in [4.78, 5) is 11.1. The molecule has 0 saturated heterocycles. The molecule has 0 aliphatic carbocycles. The fourth-order valence-electron chi connectivity index (χ4n) is 2.71. The maximum atomic E-state index is 12.8. The van der Waals surface area contributed by atoms with Crippen LogP contribution in [-0.2, 0) is 13.8 Å². The van der Waals surface area contributed by atoms with Crippen LogP contribution in [0.25, 0.3) is 0 Å². The van der Waals surface area contributed by atoms with Crippen LogP contribution < -0.4 is 4.72 Å². The number of rotatable bonds is 7. The van der Waals surface area contributed by atoms with E-state index in [0.717, 1.165) is 5.56 Å². The summed E-state index contributed by atoms with van der Waals surface area (Å²) in [6.07, 6.45) is 0.125. The van der Waals surface area contributed by atoms with Crippen LogP contribution in [0, 0.1) is 17.0 Å². The molecular formula is C18H19Cl3N2O4S. The number of hydrogen-bond acceptors (Lipinski definition) is 4. The van der Waals surface area contributed by atoms with Gasteiger partial charge in [-0.25, -0.2) is 8.42 Å². The van der Waals surface area contributed by atoms with Gasteiger partial charge in [0.2, 0.25) is 19.9 Å². The Labute approximate surface area is 179 Å². The summed E-state index contributed by atoms with van der Waals surface area (Å²) in [5.41, 5.74) is 1.67. The fourth-order valence-corrected chi connectivity index (χ4v) is 4.34. The highest BCUT2D eigenvalue weighted by atomic mass is 35.6. The van der Waals surface area contributed by atoms with E-state index in [1.165, 1.54) is 36.4 Å². The van der Waals surface area contributed by atoms with E-state index in [2.05, 4.69) is 4.72 Å². The van der Waals surface area contributed by atoms with Crippen molar-refractivity contribution in [3.05, 3.63) is 75.3 Å². The molecule has 1 N–H and O–H groups in total. The van der Waals surface area contributed by atoms with E-state index in [1.54, 1.807) is 19.1 Å². The Morgan fingerprint density at radius 3 is 2.04 bits per heavy atom. The fraction of sp³-hybridized carbons (Fsp3) is 0.333. The highest BCUT2D eigenvalue weighted by Crippen LogP contribution is 2.38. The Morgan fingerprint density at radius 2 is 1.61 bits per heavy atom. The van der Waals surface area contributed by atoms with Gasteiger partial charge in [0.15, 0.2) is 0 Å². The Morgan fingerprint density at radius 1 is 1.07 bits per heavy atom. The zero-order chi connectivity index (χ0) is 21.1. The molecule has 6 nitrogen and oxygen atoms in total. The first kappa shape index (κ1) is 22.9. The predicted octanol–water partition coefficient (Wildman–Crippen LogP) is 4.90. The third-order valence-corrected chi connectivity index (χ3v) is 6.40. The van der Waals surface area contributed by atoms with Gasteiger partial charge in [0.25, 0.3) is 0 Å². The van der Waals surface area contributed by atoms with Crippen molar-refractivity contribution < 1.29 is 13.3 Å². The second kappa shape index (κ2) is 8.97. The van der Waals surface area contributed by atoms with Crippen LogP contribution in [0.1, 0.15) is 36.1 Å². The van der Waals surface area contributed by atoms with Gasteiger partial charge in [0.1, 0.15) is 6.04 Å². The van der Waals surface area contributed by atoms with E-state index < -0.39 is 30.8 Å². The number of nitrogens with one attached hydrogen (secondary N) is 1. The Kier molecular flexibility index (Phi) is 7.33. The zero-order valence-corrected chi connectivity index (χ0v) is 18.2. The smallest absolute Gasteiger partial charge is 0.241 e. The lowest BCUT2D eigenvalue weighted by Crippen LogP contribution is -2.40. The third-order valence-electron chi connectivity index (χ3n) is 4.28. The standard InChI is InChI=1S/C18H19Cl3N2O4S/c1-3-16(23(24)25)17(13-6-8-14(9-7-13)18(19,20)21)22-28(26,27)15-10-4-12(2)5-11-15/h4-11,16-17,22H,3H2,1-2H3. The van der Waals surface area contributed by atoms with Gasteiger partial charge in [-0.1, -0.05) is 83.7 Å². The normalized spacial score (nSPS) is 14.5. The van der Waals surface area contributed by atoms with Crippen molar-refractivity contribution in [2.24, 2.45) is 0 Å². The lowest BCUT2D eigenvalue weighted by atomic mass is 9.98. The molecule has 0 radical (unpaired) electrons. The van der Waals surface area contributed by atoms with Gasteiger partial charge in [-0.15, -0.1) is 0 Å². The molecule has 0 spiro atoms. The molecule has 2 aromatic carbocycles. The average Bonchev–Trinajstić information content (AvgIpc) is 2.61. The lowest BCUT2D eigenvalue weighted by molar-refractivity contribution is -0.527. The van der Waals surface area contributed by atoms with Crippen LogP contribution in [0.2, 0.25) is 0 Å². The van der Waals surface area contributed by atoms with Crippen molar-refractivity contribution in [1.29, 1.82) is 0 Å². The second-order valence-corrected chi connectivity index (χ2v) is 10.3.